The number of aryl methyl sites for hydroxylation is 1. The van der Waals surface area contributed by atoms with Crippen LogP contribution in [0, 0.1) is 13.8 Å². The van der Waals surface area contributed by atoms with Crippen molar-refractivity contribution in [1.29, 1.82) is 0 Å². The van der Waals surface area contributed by atoms with Gasteiger partial charge in [-0.25, -0.2) is 13.8 Å². The average Bonchev–Trinajstić information content (AvgIpc) is 2.98. The number of rotatable bonds is 11. The Labute approximate surface area is 239 Å². The minimum Gasteiger partial charge on any atom is -0.484 e. The number of carbonyl (C=O) groups is 2. The predicted octanol–water partition coefficient (Wildman–Crippen LogP) is 4.67. The van der Waals surface area contributed by atoms with Crippen LogP contribution in [0.1, 0.15) is 16.7 Å². The van der Waals surface area contributed by atoms with Crippen LogP contribution in [0.2, 0.25) is 0 Å². The van der Waals surface area contributed by atoms with Gasteiger partial charge in [0, 0.05) is 5.69 Å². The molecule has 4 aromatic rings. The van der Waals surface area contributed by atoms with Gasteiger partial charge in [-0.1, -0.05) is 48.5 Å². The molecule has 0 aliphatic carbocycles. The SMILES string of the molecule is Cc1cccc(N(CC(=O)N/N=C\c2ccc(OCC(=O)Nc3ccccc3)cc2)S(=O)(=O)c2ccccc2)c1C. The number of ether oxygens (including phenoxy) is 1. The number of benzene rings is 4. The molecule has 10 heteroatoms. The maximum absolute atomic E-state index is 13.5. The summed E-state index contributed by atoms with van der Waals surface area (Å²) in [5.41, 5.74) is 5.83. The van der Waals surface area contributed by atoms with Crippen molar-refractivity contribution in [2.24, 2.45) is 5.10 Å². The van der Waals surface area contributed by atoms with Crippen LogP contribution in [0.3, 0.4) is 0 Å². The van der Waals surface area contributed by atoms with Gasteiger partial charge >= 0.3 is 0 Å². The van der Waals surface area contributed by atoms with E-state index >= 15 is 0 Å². The molecular formula is C31H30N4O5S. The van der Waals surface area contributed by atoms with E-state index in [1.54, 1.807) is 66.7 Å². The Kier molecular flexibility index (Phi) is 9.49. The monoisotopic (exact) mass is 570 g/mol. The van der Waals surface area contributed by atoms with E-state index in [1.807, 2.05) is 38.1 Å². The van der Waals surface area contributed by atoms with Gasteiger partial charge in [-0.2, -0.15) is 5.10 Å². The zero-order valence-corrected chi connectivity index (χ0v) is 23.5. The van der Waals surface area contributed by atoms with Gasteiger partial charge in [0.25, 0.3) is 21.8 Å². The summed E-state index contributed by atoms with van der Waals surface area (Å²) in [7, 11) is -4.02. The van der Waals surface area contributed by atoms with Crippen LogP contribution in [0.25, 0.3) is 0 Å². The van der Waals surface area contributed by atoms with Crippen molar-refractivity contribution in [2.45, 2.75) is 18.7 Å². The van der Waals surface area contributed by atoms with E-state index < -0.39 is 22.5 Å². The standard InChI is InChI=1S/C31H30N4O5S/c1-23-10-9-15-29(24(23)2)35(41(38,39)28-13-7-4-8-14-28)21-30(36)34-32-20-25-16-18-27(19-17-25)40-22-31(37)33-26-11-5-3-6-12-26/h3-20H,21-22H2,1-2H3,(H,33,37)(H,34,36)/b32-20-. The van der Waals surface area contributed by atoms with Crippen molar-refractivity contribution in [3.63, 3.8) is 0 Å². The molecule has 2 N–H and O–H groups in total. The fourth-order valence-electron chi connectivity index (χ4n) is 3.89. The molecule has 0 aromatic heterocycles. The molecule has 0 heterocycles. The minimum absolute atomic E-state index is 0.0806. The molecule has 0 spiro atoms. The Morgan fingerprint density at radius 2 is 1.49 bits per heavy atom. The number of anilines is 2. The van der Waals surface area contributed by atoms with Crippen molar-refractivity contribution in [3.8, 4) is 5.75 Å². The topological polar surface area (TPSA) is 117 Å². The van der Waals surface area contributed by atoms with Crippen LogP contribution in [0.4, 0.5) is 11.4 Å². The number of carbonyl (C=O) groups excluding carboxylic acids is 2. The highest BCUT2D eigenvalue weighted by Crippen LogP contribution is 2.28. The lowest BCUT2D eigenvalue weighted by atomic mass is 10.1. The van der Waals surface area contributed by atoms with Gasteiger partial charge in [-0.3, -0.25) is 13.9 Å². The molecule has 0 fully saturated rings. The Bertz CT molecular complexity index is 1620. The minimum atomic E-state index is -4.02. The highest BCUT2D eigenvalue weighted by Gasteiger charge is 2.28. The lowest BCUT2D eigenvalue weighted by molar-refractivity contribution is -0.119. The molecule has 0 bridgehead atoms. The quantitative estimate of drug-likeness (QED) is 0.201. The van der Waals surface area contributed by atoms with Gasteiger partial charge < -0.3 is 10.1 Å². The summed E-state index contributed by atoms with van der Waals surface area (Å²) in [6, 6.07) is 29.1. The lowest BCUT2D eigenvalue weighted by Gasteiger charge is -2.26. The molecule has 0 aliphatic heterocycles. The number of amides is 2. The summed E-state index contributed by atoms with van der Waals surface area (Å²) in [6.45, 7) is 3.08. The lowest BCUT2D eigenvalue weighted by Crippen LogP contribution is -2.40. The van der Waals surface area contributed by atoms with Crippen LogP contribution < -0.4 is 19.8 Å². The number of para-hydroxylation sites is 1. The van der Waals surface area contributed by atoms with Gasteiger partial charge in [-0.05, 0) is 85.1 Å². The number of hydrogen-bond acceptors (Lipinski definition) is 6. The Morgan fingerprint density at radius 3 is 2.17 bits per heavy atom. The zero-order valence-electron chi connectivity index (χ0n) is 22.7. The summed E-state index contributed by atoms with van der Waals surface area (Å²) in [5, 5.41) is 6.73. The molecule has 0 unspecified atom stereocenters. The van der Waals surface area contributed by atoms with Crippen molar-refractivity contribution >= 4 is 39.4 Å². The molecule has 4 aromatic carbocycles. The molecule has 0 saturated carbocycles. The Balaban J connectivity index is 1.37. The fraction of sp³-hybridized carbons (Fsp3) is 0.129. The molecular weight excluding hydrogens is 540 g/mol. The van der Waals surface area contributed by atoms with E-state index in [0.29, 0.717) is 22.7 Å². The average molecular weight is 571 g/mol. The van der Waals surface area contributed by atoms with Crippen LogP contribution >= 0.6 is 0 Å². The smallest absolute Gasteiger partial charge is 0.264 e. The zero-order chi connectivity index (χ0) is 29.2. The van der Waals surface area contributed by atoms with Crippen LogP contribution in [-0.4, -0.2) is 39.6 Å². The Morgan fingerprint density at radius 1 is 0.829 bits per heavy atom. The summed E-state index contributed by atoms with van der Waals surface area (Å²) >= 11 is 0. The highest BCUT2D eigenvalue weighted by molar-refractivity contribution is 7.92. The third-order valence-electron chi connectivity index (χ3n) is 6.17. The first kappa shape index (κ1) is 29.0. The van der Waals surface area contributed by atoms with Crippen LogP contribution in [0.15, 0.2) is 113 Å². The van der Waals surface area contributed by atoms with Crippen molar-refractivity contribution in [3.05, 3.63) is 120 Å². The summed E-state index contributed by atoms with van der Waals surface area (Å²) in [4.78, 5) is 25.0. The van der Waals surface area contributed by atoms with E-state index in [2.05, 4.69) is 15.8 Å². The summed E-state index contributed by atoms with van der Waals surface area (Å²) < 4.78 is 33.6. The molecule has 4 rings (SSSR count). The van der Waals surface area contributed by atoms with Gasteiger partial charge in [0.05, 0.1) is 16.8 Å². The highest BCUT2D eigenvalue weighted by atomic mass is 32.2. The molecule has 41 heavy (non-hydrogen) atoms. The van der Waals surface area contributed by atoms with Gasteiger partial charge in [0.1, 0.15) is 12.3 Å². The summed E-state index contributed by atoms with van der Waals surface area (Å²) in [5.74, 6) is -0.399. The first-order valence-corrected chi connectivity index (χ1v) is 14.2. The van der Waals surface area contributed by atoms with Crippen molar-refractivity contribution < 1.29 is 22.7 Å². The molecule has 0 aliphatic rings. The molecule has 0 saturated heterocycles. The number of nitrogens with zero attached hydrogens (tertiary/aromatic N) is 2. The molecule has 9 nitrogen and oxygen atoms in total. The number of hydrazone groups is 1. The van der Waals surface area contributed by atoms with E-state index in [0.717, 1.165) is 15.4 Å². The van der Waals surface area contributed by atoms with Crippen molar-refractivity contribution in [1.82, 2.24) is 5.43 Å². The predicted molar refractivity (Wildman–Crippen MR) is 160 cm³/mol. The summed E-state index contributed by atoms with van der Waals surface area (Å²) in [6.07, 6.45) is 1.43. The van der Waals surface area contributed by atoms with Crippen LogP contribution in [-0.2, 0) is 19.6 Å². The largest absolute Gasteiger partial charge is 0.484 e. The molecule has 210 valence electrons. The maximum Gasteiger partial charge on any atom is 0.264 e. The first-order chi connectivity index (χ1) is 19.7. The maximum atomic E-state index is 13.5. The van der Waals surface area contributed by atoms with Gasteiger partial charge in [0.2, 0.25) is 0 Å². The molecule has 0 atom stereocenters. The first-order valence-electron chi connectivity index (χ1n) is 12.8. The van der Waals surface area contributed by atoms with E-state index in [1.165, 1.54) is 18.3 Å². The normalized spacial score (nSPS) is 11.2. The second kappa shape index (κ2) is 13.4. The van der Waals surface area contributed by atoms with Crippen molar-refractivity contribution in [2.75, 3.05) is 22.8 Å². The van der Waals surface area contributed by atoms with Gasteiger partial charge in [0.15, 0.2) is 6.61 Å². The number of nitrogens with one attached hydrogen (secondary N) is 2. The van der Waals surface area contributed by atoms with Gasteiger partial charge in [-0.15, -0.1) is 0 Å². The van der Waals surface area contributed by atoms with Crippen LogP contribution in [0.5, 0.6) is 5.75 Å². The fourth-order valence-corrected chi connectivity index (χ4v) is 5.39. The number of sulfonamides is 1. The number of hydrogen-bond donors (Lipinski definition) is 2. The third kappa shape index (κ3) is 7.80. The molecule has 0 radical (unpaired) electrons. The van der Waals surface area contributed by atoms with E-state index in [4.69, 9.17) is 4.74 Å². The Hall–Kier alpha value is -4.96. The second-order valence-corrected chi connectivity index (χ2v) is 11.0. The van der Waals surface area contributed by atoms with E-state index in [9.17, 15) is 18.0 Å². The second-order valence-electron chi connectivity index (χ2n) is 9.11. The third-order valence-corrected chi connectivity index (χ3v) is 7.95. The molecule has 2 amide bonds. The van der Waals surface area contributed by atoms with E-state index in [-0.39, 0.29) is 17.4 Å².